The van der Waals surface area contributed by atoms with E-state index in [2.05, 4.69) is 5.32 Å². The summed E-state index contributed by atoms with van der Waals surface area (Å²) < 4.78 is 31.4. The highest BCUT2D eigenvalue weighted by molar-refractivity contribution is 6.30. The monoisotopic (exact) mass is 219 g/mol. The van der Waals surface area contributed by atoms with Crippen molar-refractivity contribution in [1.29, 1.82) is 0 Å². The fourth-order valence-corrected chi connectivity index (χ4v) is 1.35. The molecule has 5 heteroatoms. The van der Waals surface area contributed by atoms with E-state index in [9.17, 15) is 8.78 Å². The zero-order valence-corrected chi connectivity index (χ0v) is 7.94. The Morgan fingerprint density at radius 1 is 1.29 bits per heavy atom. The Kier molecular flexibility index (Phi) is 2.56. The summed E-state index contributed by atoms with van der Waals surface area (Å²) in [5.74, 6) is -1.87. The summed E-state index contributed by atoms with van der Waals surface area (Å²) in [5.41, 5.74) is 0. The molecule has 0 saturated carbocycles. The molecule has 2 rings (SSSR count). The molecule has 1 heterocycles. The minimum absolute atomic E-state index is 0.0269. The Morgan fingerprint density at radius 3 is 2.29 bits per heavy atom. The molecule has 1 aliphatic heterocycles. The van der Waals surface area contributed by atoms with Gasteiger partial charge in [0, 0.05) is 18.1 Å². The van der Waals surface area contributed by atoms with E-state index < -0.39 is 11.6 Å². The lowest BCUT2D eigenvalue weighted by Crippen LogP contribution is -2.50. The molecule has 1 aromatic carbocycles. The third kappa shape index (κ3) is 1.81. The molecule has 0 radical (unpaired) electrons. The first-order valence-corrected chi connectivity index (χ1v) is 4.56. The Labute approximate surface area is 84.8 Å². The summed E-state index contributed by atoms with van der Waals surface area (Å²) in [4.78, 5) is 0. The maximum Gasteiger partial charge on any atom is 0.191 e. The van der Waals surface area contributed by atoms with Gasteiger partial charge in [-0.05, 0) is 12.1 Å². The Hall–Kier alpha value is -0.870. The van der Waals surface area contributed by atoms with Crippen molar-refractivity contribution in [2.45, 2.75) is 6.10 Å². The minimum Gasteiger partial charge on any atom is -0.482 e. The van der Waals surface area contributed by atoms with E-state index in [1.54, 1.807) is 0 Å². The predicted octanol–water partition coefficient (Wildman–Crippen LogP) is 1.97. The van der Waals surface area contributed by atoms with E-state index >= 15 is 0 Å². The van der Waals surface area contributed by atoms with Crippen molar-refractivity contribution >= 4 is 11.6 Å². The van der Waals surface area contributed by atoms with Gasteiger partial charge >= 0.3 is 0 Å². The van der Waals surface area contributed by atoms with Crippen LogP contribution in [0.25, 0.3) is 0 Å². The van der Waals surface area contributed by atoms with E-state index in [-0.39, 0.29) is 16.9 Å². The highest BCUT2D eigenvalue weighted by atomic mass is 35.5. The molecule has 1 saturated heterocycles. The molecule has 0 aliphatic carbocycles. The molecule has 0 spiro atoms. The molecule has 1 aromatic rings. The quantitative estimate of drug-likeness (QED) is 0.821. The number of rotatable bonds is 2. The van der Waals surface area contributed by atoms with Gasteiger partial charge in [0.2, 0.25) is 0 Å². The molecule has 0 aromatic heterocycles. The van der Waals surface area contributed by atoms with Gasteiger partial charge in [0.05, 0.1) is 0 Å². The maximum absolute atomic E-state index is 13.2. The van der Waals surface area contributed by atoms with Crippen LogP contribution in [0.4, 0.5) is 8.78 Å². The predicted molar refractivity (Wildman–Crippen MR) is 48.7 cm³/mol. The van der Waals surface area contributed by atoms with Crippen LogP contribution in [0, 0.1) is 11.6 Å². The minimum atomic E-state index is -0.762. The largest absolute Gasteiger partial charge is 0.482 e. The molecule has 14 heavy (non-hydrogen) atoms. The van der Waals surface area contributed by atoms with Crippen LogP contribution >= 0.6 is 11.6 Å². The molecule has 0 bridgehead atoms. The molecule has 1 fully saturated rings. The molecule has 0 atom stereocenters. The first-order valence-electron chi connectivity index (χ1n) is 4.19. The average Bonchev–Trinajstić information content (AvgIpc) is 1.98. The van der Waals surface area contributed by atoms with Gasteiger partial charge < -0.3 is 10.1 Å². The fourth-order valence-electron chi connectivity index (χ4n) is 1.15. The van der Waals surface area contributed by atoms with E-state index in [1.807, 2.05) is 0 Å². The van der Waals surface area contributed by atoms with E-state index in [1.165, 1.54) is 0 Å². The van der Waals surface area contributed by atoms with Crippen molar-refractivity contribution in [3.63, 3.8) is 0 Å². The van der Waals surface area contributed by atoms with Crippen LogP contribution in [0.5, 0.6) is 5.75 Å². The number of nitrogens with one attached hydrogen (secondary N) is 1. The summed E-state index contributed by atoms with van der Waals surface area (Å²) >= 11 is 5.46. The van der Waals surface area contributed by atoms with Crippen LogP contribution in [0.1, 0.15) is 0 Å². The SMILES string of the molecule is Fc1cc(Cl)cc(F)c1OC1CNC1. The summed E-state index contributed by atoms with van der Waals surface area (Å²) in [6.45, 7) is 1.23. The van der Waals surface area contributed by atoms with Gasteiger partial charge in [-0.3, -0.25) is 0 Å². The topological polar surface area (TPSA) is 21.3 Å². The first kappa shape index (κ1) is 9.68. The second-order valence-electron chi connectivity index (χ2n) is 3.10. The van der Waals surface area contributed by atoms with Gasteiger partial charge in [-0.25, -0.2) is 8.78 Å². The van der Waals surface area contributed by atoms with Crippen molar-refractivity contribution in [3.8, 4) is 5.75 Å². The van der Waals surface area contributed by atoms with Gasteiger partial charge in [-0.2, -0.15) is 0 Å². The van der Waals surface area contributed by atoms with Crippen LogP contribution in [0.2, 0.25) is 5.02 Å². The Morgan fingerprint density at radius 2 is 1.86 bits per heavy atom. The van der Waals surface area contributed by atoms with Crippen LogP contribution in [-0.2, 0) is 0 Å². The highest BCUT2D eigenvalue weighted by Crippen LogP contribution is 2.26. The Bertz CT molecular complexity index is 332. The van der Waals surface area contributed by atoms with Gasteiger partial charge in [-0.1, -0.05) is 11.6 Å². The molecular formula is C9H8ClF2NO. The fraction of sp³-hybridized carbons (Fsp3) is 0.333. The molecule has 1 N–H and O–H groups in total. The maximum atomic E-state index is 13.2. The summed E-state index contributed by atoms with van der Waals surface area (Å²) in [7, 11) is 0. The standard InChI is InChI=1S/C9H8ClF2NO/c10-5-1-7(11)9(8(12)2-5)14-6-3-13-4-6/h1-2,6,13H,3-4H2. The van der Waals surface area contributed by atoms with Crippen LogP contribution in [0.15, 0.2) is 12.1 Å². The van der Waals surface area contributed by atoms with Crippen molar-refractivity contribution in [3.05, 3.63) is 28.8 Å². The lowest BCUT2D eigenvalue weighted by atomic mass is 10.2. The first-order chi connectivity index (χ1) is 6.66. The third-order valence-electron chi connectivity index (χ3n) is 1.99. The highest BCUT2D eigenvalue weighted by Gasteiger charge is 2.22. The van der Waals surface area contributed by atoms with Crippen molar-refractivity contribution in [2.24, 2.45) is 0 Å². The molecule has 1 aliphatic rings. The third-order valence-corrected chi connectivity index (χ3v) is 2.21. The molecule has 0 amide bonds. The van der Waals surface area contributed by atoms with Crippen molar-refractivity contribution in [2.75, 3.05) is 13.1 Å². The zero-order chi connectivity index (χ0) is 10.1. The lowest BCUT2D eigenvalue weighted by Gasteiger charge is -2.28. The lowest BCUT2D eigenvalue weighted by molar-refractivity contribution is 0.130. The number of ether oxygens (including phenoxy) is 1. The second-order valence-corrected chi connectivity index (χ2v) is 3.53. The number of hydrogen-bond acceptors (Lipinski definition) is 2. The number of hydrogen-bond donors (Lipinski definition) is 1. The van der Waals surface area contributed by atoms with Gasteiger partial charge in [-0.15, -0.1) is 0 Å². The van der Waals surface area contributed by atoms with E-state index in [4.69, 9.17) is 16.3 Å². The van der Waals surface area contributed by atoms with Gasteiger partial charge in [0.1, 0.15) is 6.10 Å². The van der Waals surface area contributed by atoms with Crippen LogP contribution in [-0.4, -0.2) is 19.2 Å². The normalized spacial score (nSPS) is 16.5. The molecule has 0 unspecified atom stereocenters. The van der Waals surface area contributed by atoms with E-state index in [0.29, 0.717) is 13.1 Å². The molecular weight excluding hydrogens is 212 g/mol. The van der Waals surface area contributed by atoms with Gasteiger partial charge in [0.25, 0.3) is 0 Å². The zero-order valence-electron chi connectivity index (χ0n) is 7.19. The van der Waals surface area contributed by atoms with E-state index in [0.717, 1.165) is 12.1 Å². The molecule has 76 valence electrons. The number of benzene rings is 1. The van der Waals surface area contributed by atoms with Crippen molar-refractivity contribution in [1.82, 2.24) is 5.32 Å². The van der Waals surface area contributed by atoms with Gasteiger partial charge in [0.15, 0.2) is 17.4 Å². The summed E-state index contributed by atoms with van der Waals surface area (Å²) in [5, 5.41) is 2.96. The van der Waals surface area contributed by atoms with Crippen LogP contribution < -0.4 is 10.1 Å². The Balaban J connectivity index is 2.22. The molecule has 2 nitrogen and oxygen atoms in total. The smallest absolute Gasteiger partial charge is 0.191 e. The second kappa shape index (κ2) is 3.71. The van der Waals surface area contributed by atoms with Crippen molar-refractivity contribution < 1.29 is 13.5 Å². The van der Waals surface area contributed by atoms with Crippen LogP contribution in [0.3, 0.4) is 0 Å². The summed E-state index contributed by atoms with van der Waals surface area (Å²) in [6, 6.07) is 2.07. The number of halogens is 3. The average molecular weight is 220 g/mol. The summed E-state index contributed by atoms with van der Waals surface area (Å²) in [6.07, 6.45) is -0.153.